The number of amides is 1. The quantitative estimate of drug-likeness (QED) is 0.687. The fourth-order valence-electron chi connectivity index (χ4n) is 2.56. The van der Waals surface area contributed by atoms with Crippen molar-refractivity contribution in [3.8, 4) is 0 Å². The van der Waals surface area contributed by atoms with E-state index in [0.29, 0.717) is 29.8 Å². The first kappa shape index (κ1) is 18.1. The standard InChI is InChI=1S/C18H20N4O3S/c1-11(2)14-10-26-16(20-14)7-8-19-15(23)9-22-17(24)12-5-3-4-6-13(12)21-18(22)25/h3-6,10-11H,7-9H2,1-2H3,(H,19,23)(H,21,25). The molecule has 3 aromatic rings. The zero-order chi connectivity index (χ0) is 18.7. The number of nitrogens with zero attached hydrogens (tertiary/aromatic N) is 2. The molecule has 0 atom stereocenters. The topological polar surface area (TPSA) is 96.9 Å². The fourth-order valence-corrected chi connectivity index (χ4v) is 3.52. The van der Waals surface area contributed by atoms with Crippen LogP contribution in [0.2, 0.25) is 0 Å². The second kappa shape index (κ2) is 7.65. The largest absolute Gasteiger partial charge is 0.354 e. The molecule has 8 heteroatoms. The number of para-hydroxylation sites is 1. The van der Waals surface area contributed by atoms with E-state index in [9.17, 15) is 14.4 Å². The van der Waals surface area contributed by atoms with Crippen LogP contribution in [0.5, 0.6) is 0 Å². The maximum Gasteiger partial charge on any atom is 0.329 e. The normalized spacial score (nSPS) is 11.2. The lowest BCUT2D eigenvalue weighted by atomic mass is 10.2. The van der Waals surface area contributed by atoms with Gasteiger partial charge in [0.25, 0.3) is 5.56 Å². The van der Waals surface area contributed by atoms with Gasteiger partial charge < -0.3 is 10.3 Å². The van der Waals surface area contributed by atoms with Crippen molar-refractivity contribution in [2.75, 3.05) is 6.54 Å². The van der Waals surface area contributed by atoms with Gasteiger partial charge in [0.05, 0.1) is 21.6 Å². The summed E-state index contributed by atoms with van der Waals surface area (Å²) >= 11 is 1.57. The van der Waals surface area contributed by atoms with Crippen LogP contribution in [0.15, 0.2) is 39.2 Å². The molecule has 0 saturated heterocycles. The lowest BCUT2D eigenvalue weighted by Crippen LogP contribution is -2.41. The van der Waals surface area contributed by atoms with Crippen LogP contribution in [0.4, 0.5) is 0 Å². The molecular weight excluding hydrogens is 352 g/mol. The molecule has 3 rings (SSSR count). The molecule has 0 radical (unpaired) electrons. The van der Waals surface area contributed by atoms with E-state index >= 15 is 0 Å². The molecule has 26 heavy (non-hydrogen) atoms. The number of hydrogen-bond donors (Lipinski definition) is 2. The Labute approximate surface area is 153 Å². The van der Waals surface area contributed by atoms with Gasteiger partial charge in [0.2, 0.25) is 5.91 Å². The highest BCUT2D eigenvalue weighted by Gasteiger charge is 2.11. The van der Waals surface area contributed by atoms with Gasteiger partial charge in [-0.1, -0.05) is 26.0 Å². The van der Waals surface area contributed by atoms with Crippen LogP contribution in [-0.4, -0.2) is 27.0 Å². The van der Waals surface area contributed by atoms with Crippen LogP contribution in [0.25, 0.3) is 10.9 Å². The Hall–Kier alpha value is -2.74. The second-order valence-corrected chi connectivity index (χ2v) is 7.23. The number of thiazole rings is 1. The van der Waals surface area contributed by atoms with E-state index in [1.54, 1.807) is 35.6 Å². The molecule has 0 spiro atoms. The lowest BCUT2D eigenvalue weighted by Gasteiger charge is -2.07. The van der Waals surface area contributed by atoms with Crippen molar-refractivity contribution < 1.29 is 4.79 Å². The molecule has 0 fully saturated rings. The van der Waals surface area contributed by atoms with E-state index in [4.69, 9.17) is 0 Å². The molecule has 2 heterocycles. The Kier molecular flexibility index (Phi) is 5.32. The Bertz CT molecular complexity index is 1050. The molecular formula is C18H20N4O3S. The molecule has 1 amide bonds. The van der Waals surface area contributed by atoms with Crippen LogP contribution in [0, 0.1) is 0 Å². The van der Waals surface area contributed by atoms with E-state index in [-0.39, 0.29) is 12.5 Å². The number of carbonyl (C=O) groups is 1. The third kappa shape index (κ3) is 3.91. The van der Waals surface area contributed by atoms with Gasteiger partial charge >= 0.3 is 5.69 Å². The number of aromatic nitrogens is 3. The maximum atomic E-state index is 12.4. The zero-order valence-corrected chi connectivity index (χ0v) is 15.4. The minimum absolute atomic E-state index is 0.311. The van der Waals surface area contributed by atoms with Gasteiger partial charge in [0, 0.05) is 18.3 Å². The van der Waals surface area contributed by atoms with Crippen LogP contribution in [0.3, 0.4) is 0 Å². The van der Waals surface area contributed by atoms with Gasteiger partial charge in [-0.05, 0) is 18.1 Å². The SMILES string of the molecule is CC(C)c1csc(CCNC(=O)Cn2c(=O)[nH]c3ccccc3c2=O)n1. The van der Waals surface area contributed by atoms with E-state index in [1.807, 2.05) is 5.38 Å². The van der Waals surface area contributed by atoms with Crippen molar-refractivity contribution in [2.24, 2.45) is 0 Å². The molecule has 0 unspecified atom stereocenters. The van der Waals surface area contributed by atoms with E-state index < -0.39 is 11.2 Å². The smallest absolute Gasteiger partial charge is 0.329 e. The van der Waals surface area contributed by atoms with Crippen molar-refractivity contribution >= 4 is 28.1 Å². The number of rotatable bonds is 6. The zero-order valence-electron chi connectivity index (χ0n) is 14.6. The summed E-state index contributed by atoms with van der Waals surface area (Å²) in [5.41, 5.74) is 0.445. The Morgan fingerprint density at radius 3 is 2.81 bits per heavy atom. The maximum absolute atomic E-state index is 12.4. The van der Waals surface area contributed by atoms with Crippen LogP contribution < -0.4 is 16.6 Å². The van der Waals surface area contributed by atoms with E-state index in [2.05, 4.69) is 29.1 Å². The van der Waals surface area contributed by atoms with E-state index in [0.717, 1.165) is 15.3 Å². The number of aromatic amines is 1. The summed E-state index contributed by atoms with van der Waals surface area (Å²) in [5, 5.41) is 6.09. The van der Waals surface area contributed by atoms with Crippen molar-refractivity contribution in [1.29, 1.82) is 0 Å². The average molecular weight is 372 g/mol. The van der Waals surface area contributed by atoms with Crippen molar-refractivity contribution in [3.05, 3.63) is 61.2 Å². The third-order valence-electron chi connectivity index (χ3n) is 4.01. The Morgan fingerprint density at radius 1 is 1.31 bits per heavy atom. The number of nitrogens with one attached hydrogen (secondary N) is 2. The van der Waals surface area contributed by atoms with Crippen LogP contribution >= 0.6 is 11.3 Å². The molecule has 0 saturated carbocycles. The first-order chi connectivity index (χ1) is 12.5. The first-order valence-corrected chi connectivity index (χ1v) is 9.26. The summed E-state index contributed by atoms with van der Waals surface area (Å²) in [7, 11) is 0. The van der Waals surface area contributed by atoms with Crippen molar-refractivity contribution in [2.45, 2.75) is 32.7 Å². The minimum atomic E-state index is -0.592. The monoisotopic (exact) mass is 372 g/mol. The van der Waals surface area contributed by atoms with Gasteiger partial charge in [-0.3, -0.25) is 14.2 Å². The predicted molar refractivity (Wildman–Crippen MR) is 102 cm³/mol. The number of carbonyl (C=O) groups excluding carboxylic acids is 1. The molecule has 2 N–H and O–H groups in total. The summed E-state index contributed by atoms with van der Waals surface area (Å²) in [4.78, 5) is 43.7. The Morgan fingerprint density at radius 2 is 2.08 bits per heavy atom. The molecule has 0 bridgehead atoms. The predicted octanol–water partition coefficient (Wildman–Crippen LogP) is 1.63. The number of benzene rings is 1. The first-order valence-electron chi connectivity index (χ1n) is 8.38. The van der Waals surface area contributed by atoms with Crippen LogP contribution in [-0.2, 0) is 17.8 Å². The molecule has 7 nitrogen and oxygen atoms in total. The van der Waals surface area contributed by atoms with Gasteiger partial charge in [-0.2, -0.15) is 0 Å². The highest BCUT2D eigenvalue weighted by Crippen LogP contribution is 2.17. The second-order valence-electron chi connectivity index (χ2n) is 6.29. The lowest BCUT2D eigenvalue weighted by molar-refractivity contribution is -0.121. The van der Waals surface area contributed by atoms with Gasteiger partial charge in [-0.25, -0.2) is 9.78 Å². The molecule has 0 aliphatic carbocycles. The molecule has 136 valence electrons. The summed E-state index contributed by atoms with van der Waals surface area (Å²) in [6, 6.07) is 6.72. The third-order valence-corrected chi connectivity index (χ3v) is 4.94. The average Bonchev–Trinajstić information content (AvgIpc) is 3.08. The van der Waals surface area contributed by atoms with Gasteiger partial charge in [0.1, 0.15) is 6.54 Å². The molecule has 0 aliphatic heterocycles. The highest BCUT2D eigenvalue weighted by molar-refractivity contribution is 7.09. The highest BCUT2D eigenvalue weighted by atomic mass is 32.1. The summed E-state index contributed by atoms with van der Waals surface area (Å²) < 4.78 is 0.915. The number of hydrogen-bond acceptors (Lipinski definition) is 5. The van der Waals surface area contributed by atoms with E-state index in [1.165, 1.54) is 0 Å². The van der Waals surface area contributed by atoms with Crippen LogP contribution in [0.1, 0.15) is 30.5 Å². The van der Waals surface area contributed by atoms with Gasteiger partial charge in [-0.15, -0.1) is 11.3 Å². The summed E-state index contributed by atoms with van der Waals surface area (Å²) in [6.07, 6.45) is 0.617. The molecule has 2 aromatic heterocycles. The molecule has 0 aliphatic rings. The number of fused-ring (bicyclic) bond motifs is 1. The summed E-state index contributed by atoms with van der Waals surface area (Å²) in [5.74, 6) is -0.00499. The fraction of sp³-hybridized carbons (Fsp3) is 0.333. The minimum Gasteiger partial charge on any atom is -0.354 e. The molecule has 1 aromatic carbocycles. The Balaban J connectivity index is 1.64. The number of H-pyrrole nitrogens is 1. The van der Waals surface area contributed by atoms with Crippen molar-refractivity contribution in [3.63, 3.8) is 0 Å². The van der Waals surface area contributed by atoms with Crippen molar-refractivity contribution in [1.82, 2.24) is 19.9 Å². The summed E-state index contributed by atoms with van der Waals surface area (Å²) in [6.45, 7) is 4.26. The van der Waals surface area contributed by atoms with Gasteiger partial charge in [0.15, 0.2) is 0 Å².